The Morgan fingerprint density at radius 3 is 2.26 bits per heavy atom. The summed E-state index contributed by atoms with van der Waals surface area (Å²) >= 11 is 2.85. The van der Waals surface area contributed by atoms with Crippen molar-refractivity contribution in [2.24, 2.45) is 0 Å². The van der Waals surface area contributed by atoms with Gasteiger partial charge >= 0.3 is 0 Å². The molecule has 0 aromatic heterocycles. The van der Waals surface area contributed by atoms with Crippen LogP contribution in [-0.4, -0.2) is 210 Å². The third-order valence-corrected chi connectivity index (χ3v) is 22.0. The van der Waals surface area contributed by atoms with E-state index in [0.717, 1.165) is 24.6 Å². The molecule has 19 atom stereocenters. The van der Waals surface area contributed by atoms with Crippen LogP contribution < -0.4 is 25.0 Å². The molecule has 4 aliphatic heterocycles. The fourth-order valence-electron chi connectivity index (χ4n) is 11.9. The van der Waals surface area contributed by atoms with Crippen molar-refractivity contribution >= 4 is 72.6 Å². The lowest BCUT2D eigenvalue weighted by Gasteiger charge is -2.46. The van der Waals surface area contributed by atoms with Gasteiger partial charge in [-0.25, -0.2) is 0 Å². The van der Waals surface area contributed by atoms with E-state index in [1.807, 2.05) is 35.6 Å². The number of thioether (sulfide) groups is 1. The van der Waals surface area contributed by atoms with Crippen LogP contribution in [0.5, 0.6) is 17.2 Å². The third kappa shape index (κ3) is 16.5. The van der Waals surface area contributed by atoms with Gasteiger partial charge < -0.3 is 83.0 Å². The molecule has 87 heavy (non-hydrogen) atoms. The number of hydrogen-bond acceptors (Lipinski definition) is 25. The van der Waals surface area contributed by atoms with E-state index in [2.05, 4.69) is 34.5 Å². The number of likely N-dealkylation sites (N-methyl/N-ethyl adjacent to an activating group) is 1. The van der Waals surface area contributed by atoms with Crippen LogP contribution in [0.1, 0.15) is 108 Å². The number of hydroxylamine groups is 1. The highest BCUT2D eigenvalue weighted by Gasteiger charge is 2.52. The predicted molar refractivity (Wildman–Crippen MR) is 333 cm³/mol. The zero-order valence-corrected chi connectivity index (χ0v) is 55.3. The molecule has 2 bridgehead atoms. The second-order valence-corrected chi connectivity index (χ2v) is 27.5. The largest absolute Gasteiger partial charge is 0.492 e. The maximum absolute atomic E-state index is 14.5. The molecule has 5 fully saturated rings. The van der Waals surface area contributed by atoms with Crippen molar-refractivity contribution in [3.8, 4) is 40.9 Å². The Labute approximate surface area is 534 Å². The van der Waals surface area contributed by atoms with Crippen molar-refractivity contribution in [3.63, 3.8) is 0 Å². The molecule has 3 aliphatic carbocycles. The summed E-state index contributed by atoms with van der Waals surface area (Å²) in [6.07, 6.45) is -6.39. The first-order valence-electron chi connectivity index (χ1n) is 29.5. The van der Waals surface area contributed by atoms with Gasteiger partial charge in [0.2, 0.25) is 17.2 Å². The summed E-state index contributed by atoms with van der Waals surface area (Å²) in [4.78, 5) is 47.9. The molecule has 0 spiro atoms. The van der Waals surface area contributed by atoms with E-state index in [0.29, 0.717) is 32.3 Å². The molecule has 0 amide bonds. The van der Waals surface area contributed by atoms with Gasteiger partial charge in [-0.3, -0.25) is 19.2 Å². The number of nitrogens with one attached hydrogen (secondary N) is 2. The van der Waals surface area contributed by atoms with Gasteiger partial charge in [-0.1, -0.05) is 89.3 Å². The lowest BCUT2D eigenvalue weighted by atomic mass is 9.72. The molecule has 0 unspecified atom stereocenters. The number of hydrogen-bond donors (Lipinski definition) is 7. The minimum absolute atomic E-state index is 0.0364. The number of carbonyl (C=O) groups excluding carboxylic acids is 3. The Hall–Kier alpha value is -2.89. The van der Waals surface area contributed by atoms with Crippen molar-refractivity contribution in [1.82, 2.24) is 10.8 Å². The predicted octanol–water partition coefficient (Wildman–Crippen LogP) is 4.92. The Morgan fingerprint density at radius 2 is 1.59 bits per heavy atom. The molecule has 26 heteroatoms. The normalized spacial score (nSPS) is 36.5. The number of fused-ring (bicyclic) bond motifs is 2. The summed E-state index contributed by atoms with van der Waals surface area (Å²) < 4.78 is 68.1. The van der Waals surface area contributed by atoms with Crippen LogP contribution >= 0.6 is 55.9 Å². The number of rotatable bonds is 23. The fraction of sp³-hybridized carbons (Fsp3) is 0.689. The molecule has 1 saturated carbocycles. The number of benzene rings is 1. The minimum atomic E-state index is -1.97. The first kappa shape index (κ1) is 70.0. The Morgan fingerprint density at radius 1 is 0.862 bits per heavy atom. The van der Waals surface area contributed by atoms with E-state index in [4.69, 9.17) is 56.9 Å². The zero-order chi connectivity index (χ0) is 62.9. The Bertz CT molecular complexity index is 2810. The molecule has 22 nitrogen and oxygen atoms in total. The number of carbonyl (C=O) groups is 3. The SMILES string of the molecule is CCN[C@H]1CO[C@@H](O[C@H]2[C@H](O[C@H]3C#C/C=C\C#C[C@]4(O)CC(=O)C(CC(C)=O)=C3/C4=C\CSSC3CCCCC3)O[C@H](C)[C@@H](NO[C@H]3C[C@H](O)[C@H](SC(=O)c4c(C)c(I)c(O[C@@H]5O[C@@H](C)[C@H](O)[C@@H](OC)[C@H]5O)c(OC)c4OC)[C@@H](C)O3)[C@@H]2O)C[C@@H]1OC. The number of allylic oxidation sites excluding steroid dienone is 3. The van der Waals surface area contributed by atoms with Gasteiger partial charge in [0, 0.05) is 61.2 Å². The maximum atomic E-state index is 14.5. The molecule has 4 saturated heterocycles. The molecular weight excluding hydrogens is 1300 g/mol. The highest BCUT2D eigenvalue weighted by molar-refractivity contribution is 14.1. The second kappa shape index (κ2) is 32.1. The van der Waals surface area contributed by atoms with Gasteiger partial charge in [0.05, 0.1) is 84.2 Å². The van der Waals surface area contributed by atoms with Crippen LogP contribution in [0.3, 0.4) is 0 Å². The number of methoxy groups -OCH3 is 4. The molecule has 8 rings (SSSR count). The van der Waals surface area contributed by atoms with Gasteiger partial charge in [0.25, 0.3) is 0 Å². The van der Waals surface area contributed by atoms with E-state index in [9.17, 15) is 39.9 Å². The number of ketones is 2. The molecule has 1 aromatic carbocycles. The van der Waals surface area contributed by atoms with E-state index in [1.54, 1.807) is 56.4 Å². The molecule has 7 N–H and O–H groups in total. The summed E-state index contributed by atoms with van der Waals surface area (Å²) in [6, 6.07) is -1.22. The first-order valence-corrected chi connectivity index (χ1v) is 33.8. The van der Waals surface area contributed by atoms with Crippen molar-refractivity contribution in [3.05, 3.63) is 49.6 Å². The molecule has 0 radical (unpaired) electrons. The number of ether oxygens (including phenoxy) is 11. The summed E-state index contributed by atoms with van der Waals surface area (Å²) in [5.74, 6) is 11.7. The second-order valence-electron chi connectivity index (χ2n) is 22.6. The number of halogens is 1. The van der Waals surface area contributed by atoms with Gasteiger partial charge in [-0.2, -0.15) is 5.48 Å². The smallest absolute Gasteiger partial charge is 0.229 e. The van der Waals surface area contributed by atoms with Crippen LogP contribution in [0.25, 0.3) is 0 Å². The van der Waals surface area contributed by atoms with Crippen molar-refractivity contribution < 1.29 is 96.9 Å². The summed E-state index contributed by atoms with van der Waals surface area (Å²) in [6.45, 7) is 10.9. The van der Waals surface area contributed by atoms with Crippen molar-refractivity contribution in [1.29, 1.82) is 0 Å². The lowest BCUT2D eigenvalue weighted by molar-refractivity contribution is -0.336. The van der Waals surface area contributed by atoms with Crippen molar-refractivity contribution in [2.45, 2.75) is 220 Å². The van der Waals surface area contributed by atoms with Gasteiger partial charge in [-0.15, -0.1) is 0 Å². The van der Waals surface area contributed by atoms with Crippen molar-refractivity contribution in [2.75, 3.05) is 47.3 Å². The number of aliphatic hydroxyl groups is 5. The van der Waals surface area contributed by atoms with Crippen LogP contribution in [0.15, 0.2) is 34.9 Å². The monoisotopic (exact) mass is 1390 g/mol. The molecule has 4 heterocycles. The summed E-state index contributed by atoms with van der Waals surface area (Å²) in [7, 11) is 9.14. The average molecular weight is 1390 g/mol. The average Bonchev–Trinajstić information content (AvgIpc) is 0.940. The molecular formula is C61H83IN2O20S3. The molecule has 7 aliphatic rings. The van der Waals surface area contributed by atoms with E-state index in [1.165, 1.54) is 59.7 Å². The topological polar surface area (TPSA) is 287 Å². The van der Waals surface area contributed by atoms with Crippen LogP contribution in [-0.2, 0) is 52.3 Å². The summed E-state index contributed by atoms with van der Waals surface area (Å²) in [5.41, 5.74) is 2.17. The lowest BCUT2D eigenvalue weighted by Crippen LogP contribution is -2.65. The maximum Gasteiger partial charge on any atom is 0.229 e. The standard InChI is InChI=1S/C61H83IN2O20S3/c1-11-63-38-29-77-43(27-42(38)73-7)82-55-50(69)48(32(4)79-60(55)81-41-21-17-12-13-18-23-61(72)28-40(67)36(25-30(2)65)46(41)37(61)22-24-85-87-35-19-15-14-16-20-35)64-84-44-26-39(66)57(34(6)78-44)86-58(71)45-31(3)47(62)53(56(76-10)52(45)74-8)83-59-51(70)54(75-9)49(68)33(5)80-59/h12-13,22,32-35,38-39,41-44,48-51,54-55,57,59-60,63-64,66,68-70,72H,11,14-16,19-20,24-29H2,1-10H3/b13-12-,37-22+/t32-,33+,34-,38+,39+,41+,42+,43+,44+,48-,49+,50+,51-,54-,55-,57-,59+,60+,61+/m1/s1. The highest BCUT2D eigenvalue weighted by Crippen LogP contribution is 2.49. The quantitative estimate of drug-likeness (QED) is 0.0252. The van der Waals surface area contributed by atoms with E-state index >= 15 is 0 Å². The van der Waals surface area contributed by atoms with E-state index in [-0.39, 0.29) is 77.8 Å². The third-order valence-electron chi connectivity index (χ3n) is 16.5. The van der Waals surface area contributed by atoms with Crippen LogP contribution in [0.2, 0.25) is 0 Å². The fourth-order valence-corrected chi connectivity index (χ4v) is 16.3. The van der Waals surface area contributed by atoms with Crippen LogP contribution in [0, 0.1) is 34.2 Å². The highest BCUT2D eigenvalue weighted by atomic mass is 127. The summed E-state index contributed by atoms with van der Waals surface area (Å²) in [5, 5.41) is 61.0. The van der Waals surface area contributed by atoms with Gasteiger partial charge in [-0.05, 0) is 94.3 Å². The van der Waals surface area contributed by atoms with Gasteiger partial charge in [0.1, 0.15) is 42.4 Å². The van der Waals surface area contributed by atoms with E-state index < -0.39 is 120 Å². The molecule has 482 valence electrons. The minimum Gasteiger partial charge on any atom is -0.492 e. The zero-order valence-electron chi connectivity index (χ0n) is 50.6. The number of aliphatic hydroxyl groups excluding tert-OH is 4. The Kier molecular flexibility index (Phi) is 25.8. The first-order chi connectivity index (χ1) is 41.7. The Balaban J connectivity index is 1.01. The van der Waals surface area contributed by atoms with Gasteiger partial charge in [0.15, 0.2) is 41.8 Å². The number of Topliss-reactive ketones (excluding diaryl/α,β-unsaturated/α-hetero) is 2. The van der Waals surface area contributed by atoms with Crippen LogP contribution in [0.4, 0.5) is 0 Å². The molecule has 1 aromatic rings.